The number of hydrogen-bond acceptors (Lipinski definition) is 6. The average molecular weight is 372 g/mol. The second kappa shape index (κ2) is 6.53. The van der Waals surface area contributed by atoms with Crippen LogP contribution in [0.1, 0.15) is 30.9 Å². The SMILES string of the molecule is COc1ccc(OC)c(C2c3cc4c(cc3OC(C)(OC)C2C)OCO4)c1. The predicted molar refractivity (Wildman–Crippen MR) is 99.2 cm³/mol. The molecule has 0 bridgehead atoms. The predicted octanol–water partition coefficient (Wildman–Crippen LogP) is 3.96. The van der Waals surface area contributed by atoms with Gasteiger partial charge in [0.1, 0.15) is 17.2 Å². The summed E-state index contributed by atoms with van der Waals surface area (Å²) in [5, 5.41) is 0. The third-order valence-corrected chi connectivity index (χ3v) is 5.66. The lowest BCUT2D eigenvalue weighted by Crippen LogP contribution is -2.47. The lowest BCUT2D eigenvalue weighted by atomic mass is 9.75. The molecule has 2 aromatic carbocycles. The van der Waals surface area contributed by atoms with Crippen molar-refractivity contribution in [3.63, 3.8) is 0 Å². The van der Waals surface area contributed by atoms with E-state index in [1.807, 2.05) is 37.3 Å². The monoisotopic (exact) mass is 372 g/mol. The van der Waals surface area contributed by atoms with Crippen LogP contribution in [0.4, 0.5) is 0 Å². The molecule has 3 atom stereocenters. The van der Waals surface area contributed by atoms with Gasteiger partial charge >= 0.3 is 0 Å². The van der Waals surface area contributed by atoms with Gasteiger partial charge in [0.25, 0.3) is 0 Å². The number of methoxy groups -OCH3 is 3. The Kier molecular flexibility index (Phi) is 4.30. The number of fused-ring (bicyclic) bond motifs is 2. The van der Waals surface area contributed by atoms with E-state index in [2.05, 4.69) is 6.92 Å². The van der Waals surface area contributed by atoms with Crippen LogP contribution in [0.25, 0.3) is 0 Å². The van der Waals surface area contributed by atoms with Gasteiger partial charge in [-0.15, -0.1) is 0 Å². The first-order valence-corrected chi connectivity index (χ1v) is 8.90. The van der Waals surface area contributed by atoms with Gasteiger partial charge in [0.2, 0.25) is 12.6 Å². The maximum absolute atomic E-state index is 6.26. The average Bonchev–Trinajstić information content (AvgIpc) is 3.14. The third-order valence-electron chi connectivity index (χ3n) is 5.66. The second-order valence-corrected chi connectivity index (χ2v) is 6.94. The van der Waals surface area contributed by atoms with Crippen LogP contribution in [0.3, 0.4) is 0 Å². The Hall–Kier alpha value is -2.60. The van der Waals surface area contributed by atoms with Crippen LogP contribution in [0.15, 0.2) is 30.3 Å². The quantitative estimate of drug-likeness (QED) is 0.810. The van der Waals surface area contributed by atoms with Crippen LogP contribution in [0.5, 0.6) is 28.7 Å². The maximum Gasteiger partial charge on any atom is 0.231 e. The van der Waals surface area contributed by atoms with Crippen molar-refractivity contribution < 1.29 is 28.4 Å². The number of rotatable bonds is 4. The second-order valence-electron chi connectivity index (χ2n) is 6.94. The smallest absolute Gasteiger partial charge is 0.231 e. The van der Waals surface area contributed by atoms with E-state index in [1.54, 1.807) is 21.3 Å². The fraction of sp³-hybridized carbons (Fsp3) is 0.429. The molecule has 0 saturated heterocycles. The van der Waals surface area contributed by atoms with Gasteiger partial charge in [-0.05, 0) is 24.3 Å². The fourth-order valence-electron chi connectivity index (χ4n) is 3.90. The van der Waals surface area contributed by atoms with Crippen LogP contribution >= 0.6 is 0 Å². The summed E-state index contributed by atoms with van der Waals surface area (Å²) in [6.45, 7) is 4.27. The van der Waals surface area contributed by atoms with Crippen molar-refractivity contribution in [2.45, 2.75) is 25.6 Å². The summed E-state index contributed by atoms with van der Waals surface area (Å²) < 4.78 is 34.3. The van der Waals surface area contributed by atoms with Crippen LogP contribution < -0.4 is 23.7 Å². The van der Waals surface area contributed by atoms with Crippen LogP contribution in [0.2, 0.25) is 0 Å². The molecule has 0 radical (unpaired) electrons. The zero-order valence-corrected chi connectivity index (χ0v) is 16.2. The molecule has 0 amide bonds. The first kappa shape index (κ1) is 17.8. The van der Waals surface area contributed by atoms with E-state index in [-0.39, 0.29) is 18.6 Å². The highest BCUT2D eigenvalue weighted by Crippen LogP contribution is 2.53. The van der Waals surface area contributed by atoms with Crippen molar-refractivity contribution in [1.82, 2.24) is 0 Å². The summed E-state index contributed by atoms with van der Waals surface area (Å²) in [7, 11) is 4.99. The number of hydrogen-bond donors (Lipinski definition) is 0. The molecule has 2 heterocycles. The van der Waals surface area contributed by atoms with Gasteiger partial charge in [0.05, 0.1) is 14.2 Å². The molecule has 0 saturated carbocycles. The Morgan fingerprint density at radius 1 is 0.926 bits per heavy atom. The van der Waals surface area contributed by atoms with E-state index in [4.69, 9.17) is 28.4 Å². The summed E-state index contributed by atoms with van der Waals surface area (Å²) in [4.78, 5) is 0. The zero-order valence-electron chi connectivity index (χ0n) is 16.2. The van der Waals surface area contributed by atoms with E-state index in [0.717, 1.165) is 34.1 Å². The molecule has 3 unspecified atom stereocenters. The molecular formula is C21H24O6. The number of benzene rings is 2. The molecule has 0 aromatic heterocycles. The Morgan fingerprint density at radius 3 is 2.33 bits per heavy atom. The molecular weight excluding hydrogens is 348 g/mol. The molecule has 6 nitrogen and oxygen atoms in total. The molecule has 2 aromatic rings. The Morgan fingerprint density at radius 2 is 1.67 bits per heavy atom. The van der Waals surface area contributed by atoms with Crippen molar-refractivity contribution in [3.05, 3.63) is 41.5 Å². The molecule has 6 heteroatoms. The topological polar surface area (TPSA) is 55.4 Å². The summed E-state index contributed by atoms with van der Waals surface area (Å²) >= 11 is 0. The maximum atomic E-state index is 6.26. The van der Waals surface area contributed by atoms with Gasteiger partial charge in [0.15, 0.2) is 11.5 Å². The third kappa shape index (κ3) is 2.75. The highest BCUT2D eigenvalue weighted by Gasteiger charge is 2.47. The van der Waals surface area contributed by atoms with Crippen molar-refractivity contribution >= 4 is 0 Å². The van der Waals surface area contributed by atoms with Crippen LogP contribution in [-0.2, 0) is 4.74 Å². The minimum absolute atomic E-state index is 0.00335. The molecule has 27 heavy (non-hydrogen) atoms. The minimum atomic E-state index is -0.806. The lowest BCUT2D eigenvalue weighted by molar-refractivity contribution is -0.194. The van der Waals surface area contributed by atoms with Gasteiger partial charge in [0, 0.05) is 43.1 Å². The van der Waals surface area contributed by atoms with Gasteiger partial charge < -0.3 is 28.4 Å². The Labute approximate surface area is 158 Å². The fourth-order valence-corrected chi connectivity index (χ4v) is 3.90. The molecule has 144 valence electrons. The first-order chi connectivity index (χ1) is 13.0. The minimum Gasteiger partial charge on any atom is -0.497 e. The first-order valence-electron chi connectivity index (χ1n) is 8.90. The van der Waals surface area contributed by atoms with Crippen molar-refractivity contribution in [1.29, 1.82) is 0 Å². The van der Waals surface area contributed by atoms with E-state index >= 15 is 0 Å². The van der Waals surface area contributed by atoms with E-state index < -0.39 is 5.79 Å². The lowest BCUT2D eigenvalue weighted by Gasteiger charge is -2.44. The highest BCUT2D eigenvalue weighted by atomic mass is 16.7. The van der Waals surface area contributed by atoms with Gasteiger partial charge in [-0.25, -0.2) is 0 Å². The molecule has 4 rings (SSSR count). The van der Waals surface area contributed by atoms with Gasteiger partial charge in [-0.3, -0.25) is 0 Å². The standard InChI is InChI=1S/C21H24O6/c1-12-20(14-8-13(22-3)6-7-16(14)23-4)15-9-18-19(26-11-25-18)10-17(15)27-21(12,2)24-5/h6-10,12,20H,11H2,1-5H3. The molecule has 2 aliphatic rings. The van der Waals surface area contributed by atoms with Crippen molar-refractivity contribution in [2.24, 2.45) is 5.92 Å². The van der Waals surface area contributed by atoms with E-state index in [9.17, 15) is 0 Å². The number of ether oxygens (including phenoxy) is 6. The largest absolute Gasteiger partial charge is 0.497 e. The van der Waals surface area contributed by atoms with Crippen molar-refractivity contribution in [3.8, 4) is 28.7 Å². The molecule has 0 aliphatic carbocycles. The molecule has 0 N–H and O–H groups in total. The van der Waals surface area contributed by atoms with E-state index in [1.165, 1.54) is 0 Å². The van der Waals surface area contributed by atoms with Gasteiger partial charge in [-0.2, -0.15) is 0 Å². The summed E-state index contributed by atoms with van der Waals surface area (Å²) in [5.74, 6) is 2.82. The molecule has 0 fully saturated rings. The normalized spacial score (nSPS) is 25.5. The zero-order chi connectivity index (χ0) is 19.2. The Bertz CT molecular complexity index is 864. The molecule has 0 spiro atoms. The van der Waals surface area contributed by atoms with Gasteiger partial charge in [-0.1, -0.05) is 6.92 Å². The highest BCUT2D eigenvalue weighted by molar-refractivity contribution is 5.58. The summed E-state index contributed by atoms with van der Waals surface area (Å²) in [5.41, 5.74) is 2.02. The van der Waals surface area contributed by atoms with Crippen molar-refractivity contribution in [2.75, 3.05) is 28.1 Å². The Balaban J connectivity index is 1.94. The van der Waals surface area contributed by atoms with E-state index in [0.29, 0.717) is 5.75 Å². The van der Waals surface area contributed by atoms with Crippen LogP contribution in [0, 0.1) is 5.92 Å². The summed E-state index contributed by atoms with van der Waals surface area (Å²) in [6.07, 6.45) is 0. The van der Waals surface area contributed by atoms with Crippen LogP contribution in [-0.4, -0.2) is 33.9 Å². The molecule has 2 aliphatic heterocycles. The summed E-state index contributed by atoms with van der Waals surface area (Å²) in [6, 6.07) is 9.69.